The van der Waals surface area contributed by atoms with Gasteiger partial charge in [-0.3, -0.25) is 0 Å². The molecule has 20 heavy (non-hydrogen) atoms. The Bertz CT molecular complexity index is 533. The largest absolute Gasteiger partial charge is 0.461 e. The van der Waals surface area contributed by atoms with Crippen LogP contribution in [0.1, 0.15) is 25.2 Å². The van der Waals surface area contributed by atoms with Crippen molar-refractivity contribution >= 4 is 0 Å². The Kier molecular flexibility index (Phi) is 5.39. The molecule has 0 aliphatic carbocycles. The van der Waals surface area contributed by atoms with Gasteiger partial charge in [-0.25, -0.2) is 0 Å². The molecule has 3 nitrogen and oxygen atoms in total. The monoisotopic (exact) mass is 273 g/mol. The van der Waals surface area contributed by atoms with E-state index in [2.05, 4.69) is 43.4 Å². The van der Waals surface area contributed by atoms with Gasteiger partial charge in [-0.2, -0.15) is 0 Å². The van der Waals surface area contributed by atoms with Gasteiger partial charge in [0.1, 0.15) is 11.5 Å². The van der Waals surface area contributed by atoms with Crippen molar-refractivity contribution < 1.29 is 9.15 Å². The van der Waals surface area contributed by atoms with Crippen molar-refractivity contribution in [3.8, 4) is 11.3 Å². The molecule has 108 valence electrons. The van der Waals surface area contributed by atoms with Gasteiger partial charge in [0.15, 0.2) is 0 Å². The standard InChI is InChI=1S/C17H23NO2/c1-4-18-13(2)10-16-8-9-17(20-16)15-7-5-6-14(11-15)12-19-3/h5-9,11,13,18H,4,10,12H2,1-3H3. The van der Waals surface area contributed by atoms with Crippen LogP contribution in [-0.2, 0) is 17.8 Å². The second-order valence-electron chi connectivity index (χ2n) is 5.06. The number of hydrogen-bond donors (Lipinski definition) is 1. The molecule has 2 aromatic rings. The van der Waals surface area contributed by atoms with Crippen LogP contribution in [0.15, 0.2) is 40.8 Å². The Morgan fingerprint density at radius 3 is 2.85 bits per heavy atom. The van der Waals surface area contributed by atoms with Crippen molar-refractivity contribution in [2.45, 2.75) is 32.9 Å². The van der Waals surface area contributed by atoms with Crippen molar-refractivity contribution in [2.75, 3.05) is 13.7 Å². The molecule has 1 heterocycles. The minimum absolute atomic E-state index is 0.429. The van der Waals surface area contributed by atoms with Crippen LogP contribution >= 0.6 is 0 Å². The van der Waals surface area contributed by atoms with Crippen molar-refractivity contribution in [3.05, 3.63) is 47.7 Å². The van der Waals surface area contributed by atoms with Crippen molar-refractivity contribution in [1.29, 1.82) is 0 Å². The van der Waals surface area contributed by atoms with Crippen molar-refractivity contribution in [3.63, 3.8) is 0 Å². The van der Waals surface area contributed by atoms with Crippen molar-refractivity contribution in [1.82, 2.24) is 5.32 Å². The third-order valence-corrected chi connectivity index (χ3v) is 3.24. The molecule has 1 aromatic heterocycles. The third-order valence-electron chi connectivity index (χ3n) is 3.24. The zero-order valence-electron chi connectivity index (χ0n) is 12.5. The van der Waals surface area contributed by atoms with E-state index in [4.69, 9.17) is 9.15 Å². The van der Waals surface area contributed by atoms with Gasteiger partial charge < -0.3 is 14.5 Å². The van der Waals surface area contributed by atoms with E-state index in [1.807, 2.05) is 12.1 Å². The van der Waals surface area contributed by atoms with E-state index in [1.54, 1.807) is 7.11 Å². The third kappa shape index (κ3) is 3.95. The summed E-state index contributed by atoms with van der Waals surface area (Å²) in [5.41, 5.74) is 2.26. The van der Waals surface area contributed by atoms with Crippen LogP contribution in [0.4, 0.5) is 0 Å². The van der Waals surface area contributed by atoms with Crippen LogP contribution in [-0.4, -0.2) is 19.7 Å². The topological polar surface area (TPSA) is 34.4 Å². The van der Waals surface area contributed by atoms with E-state index in [1.165, 1.54) is 0 Å². The first-order chi connectivity index (χ1) is 9.72. The smallest absolute Gasteiger partial charge is 0.134 e. The quantitative estimate of drug-likeness (QED) is 0.836. The summed E-state index contributed by atoms with van der Waals surface area (Å²) < 4.78 is 11.1. The highest BCUT2D eigenvalue weighted by Gasteiger charge is 2.08. The zero-order valence-corrected chi connectivity index (χ0v) is 12.5. The summed E-state index contributed by atoms with van der Waals surface area (Å²) in [4.78, 5) is 0. The van der Waals surface area contributed by atoms with Gasteiger partial charge in [-0.15, -0.1) is 0 Å². The average molecular weight is 273 g/mol. The normalized spacial score (nSPS) is 12.6. The first kappa shape index (κ1) is 14.8. The average Bonchev–Trinajstić information content (AvgIpc) is 2.88. The van der Waals surface area contributed by atoms with Gasteiger partial charge in [0.25, 0.3) is 0 Å². The molecule has 1 unspecified atom stereocenters. The summed E-state index contributed by atoms with van der Waals surface area (Å²) in [7, 11) is 1.71. The number of nitrogens with one attached hydrogen (secondary N) is 1. The van der Waals surface area contributed by atoms with E-state index in [-0.39, 0.29) is 0 Å². The predicted molar refractivity (Wildman–Crippen MR) is 81.7 cm³/mol. The fraction of sp³-hybridized carbons (Fsp3) is 0.412. The van der Waals surface area contributed by atoms with Gasteiger partial charge in [-0.1, -0.05) is 25.1 Å². The van der Waals surface area contributed by atoms with Crippen molar-refractivity contribution in [2.24, 2.45) is 0 Å². The van der Waals surface area contributed by atoms with Gasteiger partial charge in [0, 0.05) is 25.1 Å². The molecule has 1 N–H and O–H groups in total. The van der Waals surface area contributed by atoms with E-state index in [0.29, 0.717) is 12.6 Å². The lowest BCUT2D eigenvalue weighted by Crippen LogP contribution is -2.27. The Morgan fingerprint density at radius 1 is 1.25 bits per heavy atom. The number of methoxy groups -OCH3 is 1. The molecule has 0 saturated carbocycles. The zero-order chi connectivity index (χ0) is 14.4. The Morgan fingerprint density at radius 2 is 2.10 bits per heavy atom. The van der Waals surface area contributed by atoms with E-state index >= 15 is 0 Å². The molecular weight excluding hydrogens is 250 g/mol. The summed E-state index contributed by atoms with van der Waals surface area (Å²) >= 11 is 0. The van der Waals surface area contributed by atoms with Crippen LogP contribution in [0.25, 0.3) is 11.3 Å². The van der Waals surface area contributed by atoms with E-state index in [0.717, 1.165) is 35.6 Å². The molecule has 0 fully saturated rings. The maximum absolute atomic E-state index is 5.94. The predicted octanol–water partition coefficient (Wildman–Crippen LogP) is 3.63. The molecule has 1 atom stereocenters. The maximum Gasteiger partial charge on any atom is 0.134 e. The van der Waals surface area contributed by atoms with Crippen LogP contribution < -0.4 is 5.32 Å². The number of ether oxygens (including phenoxy) is 1. The lowest BCUT2D eigenvalue weighted by atomic mass is 10.1. The second kappa shape index (κ2) is 7.27. The Labute approximate surface area is 121 Å². The first-order valence-corrected chi connectivity index (χ1v) is 7.13. The number of likely N-dealkylation sites (N-methyl/N-ethyl adjacent to an activating group) is 1. The summed E-state index contributed by atoms with van der Waals surface area (Å²) in [6, 6.07) is 12.8. The maximum atomic E-state index is 5.94. The summed E-state index contributed by atoms with van der Waals surface area (Å²) in [5, 5.41) is 3.39. The number of rotatable bonds is 7. The lowest BCUT2D eigenvalue weighted by molar-refractivity contribution is 0.185. The molecular formula is C17H23NO2. The molecule has 0 aliphatic rings. The second-order valence-corrected chi connectivity index (χ2v) is 5.06. The first-order valence-electron chi connectivity index (χ1n) is 7.13. The van der Waals surface area contributed by atoms with E-state index < -0.39 is 0 Å². The summed E-state index contributed by atoms with van der Waals surface area (Å²) in [5.74, 6) is 1.94. The number of furan rings is 1. The fourth-order valence-corrected chi connectivity index (χ4v) is 2.35. The van der Waals surface area contributed by atoms with Gasteiger partial charge in [-0.05, 0) is 37.2 Å². The Hall–Kier alpha value is -1.58. The number of benzene rings is 1. The number of hydrogen-bond acceptors (Lipinski definition) is 3. The summed E-state index contributed by atoms with van der Waals surface area (Å²) in [6.45, 7) is 5.89. The molecule has 0 aliphatic heterocycles. The molecule has 3 heteroatoms. The van der Waals surface area contributed by atoms with Gasteiger partial charge in [0.05, 0.1) is 6.61 Å². The molecule has 1 aromatic carbocycles. The molecule has 0 amide bonds. The Balaban J connectivity index is 2.10. The minimum atomic E-state index is 0.429. The van der Waals surface area contributed by atoms with E-state index in [9.17, 15) is 0 Å². The molecule has 0 radical (unpaired) electrons. The van der Waals surface area contributed by atoms with Gasteiger partial charge in [0.2, 0.25) is 0 Å². The molecule has 2 rings (SSSR count). The highest BCUT2D eigenvalue weighted by molar-refractivity contribution is 5.58. The molecule has 0 bridgehead atoms. The minimum Gasteiger partial charge on any atom is -0.461 e. The molecule has 0 saturated heterocycles. The summed E-state index contributed by atoms with van der Waals surface area (Å²) in [6.07, 6.45) is 0.908. The van der Waals surface area contributed by atoms with Crippen LogP contribution in [0.2, 0.25) is 0 Å². The van der Waals surface area contributed by atoms with Crippen LogP contribution in [0.5, 0.6) is 0 Å². The molecule has 0 spiro atoms. The van der Waals surface area contributed by atoms with Crippen LogP contribution in [0, 0.1) is 0 Å². The highest BCUT2D eigenvalue weighted by atomic mass is 16.5. The lowest BCUT2D eigenvalue weighted by Gasteiger charge is -2.09. The fourth-order valence-electron chi connectivity index (χ4n) is 2.35. The van der Waals surface area contributed by atoms with Crippen LogP contribution in [0.3, 0.4) is 0 Å². The highest BCUT2D eigenvalue weighted by Crippen LogP contribution is 2.24. The SMILES string of the molecule is CCNC(C)Cc1ccc(-c2cccc(COC)c2)o1. The van der Waals surface area contributed by atoms with Gasteiger partial charge >= 0.3 is 0 Å².